The van der Waals surface area contributed by atoms with Crippen molar-refractivity contribution in [1.29, 1.82) is 0 Å². The number of aliphatic hydroxyl groups is 1. The smallest absolute Gasteiger partial charge is 0.423 e. The topological polar surface area (TPSA) is 125 Å². The number of amides is 4. The van der Waals surface area contributed by atoms with Crippen LogP contribution >= 0.6 is 0 Å². The van der Waals surface area contributed by atoms with E-state index in [0.29, 0.717) is 62.0 Å². The molecule has 1 atom stereocenters. The maximum atomic E-state index is 13.2. The Morgan fingerprint density at radius 3 is 2.76 bits per heavy atom. The molecular formula is C24H25N3O6Tl+. The first-order valence-corrected chi connectivity index (χ1v) is 13.5. The van der Waals surface area contributed by atoms with Gasteiger partial charge in [0.1, 0.15) is 0 Å². The second-order valence-corrected chi connectivity index (χ2v) is 10.5. The number of imide groups is 1. The number of carbonyl (C=O) groups is 4. The molecule has 1 fully saturated rings. The van der Waals surface area contributed by atoms with Crippen LogP contribution in [0.15, 0.2) is 30.3 Å². The fraction of sp³-hybridized carbons (Fsp3) is 0.375. The summed E-state index contributed by atoms with van der Waals surface area (Å²) in [5.74, 6) is -1.72. The maximum Gasteiger partial charge on any atom is 0.423 e. The Hall–Kier alpha value is -2.67. The molecule has 2 heterocycles. The van der Waals surface area contributed by atoms with Gasteiger partial charge >= 0.3 is 124 Å². The van der Waals surface area contributed by atoms with Gasteiger partial charge in [-0.1, -0.05) is 12.1 Å². The van der Waals surface area contributed by atoms with Crippen LogP contribution in [0, 0.1) is 0 Å². The fourth-order valence-electron chi connectivity index (χ4n) is 4.41. The van der Waals surface area contributed by atoms with E-state index >= 15 is 0 Å². The van der Waals surface area contributed by atoms with Crippen LogP contribution in [0.4, 0.5) is 4.79 Å². The van der Waals surface area contributed by atoms with Crippen LogP contribution in [0.25, 0.3) is 10.8 Å². The van der Waals surface area contributed by atoms with Crippen molar-refractivity contribution in [2.45, 2.75) is 44.8 Å². The monoisotopic (exact) mass is 656 g/mol. The van der Waals surface area contributed by atoms with Crippen molar-refractivity contribution in [3.8, 4) is 0 Å². The summed E-state index contributed by atoms with van der Waals surface area (Å²) in [6.07, 6.45) is 3.00. The van der Waals surface area contributed by atoms with Crippen LogP contribution in [-0.2, 0) is 20.9 Å². The van der Waals surface area contributed by atoms with Crippen molar-refractivity contribution in [1.82, 2.24) is 10.6 Å². The molecule has 2 aromatic carbocycles. The van der Waals surface area contributed by atoms with Gasteiger partial charge in [0, 0.05) is 18.2 Å². The molecule has 2 aliphatic rings. The Morgan fingerprint density at radius 2 is 2.00 bits per heavy atom. The molecule has 1 unspecified atom stereocenters. The Labute approximate surface area is 212 Å². The van der Waals surface area contributed by atoms with E-state index in [4.69, 9.17) is 4.74 Å². The summed E-state index contributed by atoms with van der Waals surface area (Å²) in [5.41, 5.74) is 1.72. The minimum Gasteiger partial charge on any atom is -0.459 e. The van der Waals surface area contributed by atoms with Gasteiger partial charge < -0.3 is 5.11 Å². The Morgan fingerprint density at radius 1 is 1.18 bits per heavy atom. The Bertz CT molecular complexity index is 1210. The quantitative estimate of drug-likeness (QED) is 0.164. The molecule has 4 rings (SSSR count). The zero-order valence-electron chi connectivity index (χ0n) is 18.6. The molecule has 4 amide bonds. The number of piperidine rings is 1. The summed E-state index contributed by atoms with van der Waals surface area (Å²) in [6.45, 7) is 1.61. The molecule has 174 valence electrons. The maximum absolute atomic E-state index is 13.2. The van der Waals surface area contributed by atoms with E-state index in [0.717, 1.165) is 34.8 Å². The first kappa shape index (κ1) is 24.5. The van der Waals surface area contributed by atoms with Crippen molar-refractivity contribution in [3.63, 3.8) is 0 Å². The Kier molecular flexibility index (Phi) is 7.71. The van der Waals surface area contributed by atoms with Crippen molar-refractivity contribution < 1.29 is 33.6 Å². The number of hydrogen-bond donors (Lipinski definition) is 3. The molecule has 0 bridgehead atoms. The standard InChI is InChI=1S/C24H24N3O6.Tl/c28-14-25-9-2-1-3-10-33-13-15-11-16-5-4-6-17-21(16)18(12-15)24(32)27(23(17)31)19-7-8-20(29)26-22(19)30;/h4-6,11-12,19H,1-3,7-10,13H2,(H2,25,26,28,29,30);/p+1. The van der Waals surface area contributed by atoms with Crippen molar-refractivity contribution in [3.05, 3.63) is 47.0 Å². The van der Waals surface area contributed by atoms with Gasteiger partial charge in [-0.2, -0.15) is 0 Å². The first-order chi connectivity index (χ1) is 16.4. The molecule has 34 heavy (non-hydrogen) atoms. The van der Waals surface area contributed by atoms with E-state index in [1.54, 1.807) is 18.2 Å². The number of nitrogens with zero attached hydrogens (tertiary/aromatic N) is 1. The SMILES string of the molecule is O=[C]([Tl])NCCCCCOCc1cc2c3c(cccc3c1)C(=O)[N+](C1CCC(=O)NC1=O)=C2O. The average Bonchev–Trinajstić information content (AvgIpc) is 2.80. The number of carbonyl (C=O) groups excluding carboxylic acids is 4. The number of benzene rings is 2. The normalized spacial score (nSPS) is 17.7. The van der Waals surface area contributed by atoms with Crippen LogP contribution in [0.5, 0.6) is 0 Å². The van der Waals surface area contributed by atoms with Crippen LogP contribution in [-0.4, -0.2) is 81.7 Å². The van der Waals surface area contributed by atoms with Crippen molar-refractivity contribution in [2.24, 2.45) is 0 Å². The zero-order chi connectivity index (χ0) is 24.2. The predicted molar refractivity (Wildman–Crippen MR) is 124 cm³/mol. The van der Waals surface area contributed by atoms with Crippen LogP contribution in [0.2, 0.25) is 0 Å². The minimum atomic E-state index is -0.950. The molecule has 10 heteroatoms. The number of aliphatic hydroxyl groups excluding tert-OH is 1. The van der Waals surface area contributed by atoms with Gasteiger partial charge in [-0.3, -0.25) is 14.9 Å². The number of nitrogens with one attached hydrogen (secondary N) is 2. The van der Waals surface area contributed by atoms with Crippen LogP contribution in [0.3, 0.4) is 0 Å². The van der Waals surface area contributed by atoms with E-state index in [2.05, 4.69) is 10.6 Å². The van der Waals surface area contributed by atoms with Gasteiger partial charge in [-0.05, 0) is 6.07 Å². The number of hydrogen-bond acceptors (Lipinski definition) is 5. The molecule has 0 saturated carbocycles. The van der Waals surface area contributed by atoms with E-state index in [1.807, 2.05) is 12.1 Å². The van der Waals surface area contributed by atoms with Crippen molar-refractivity contribution in [2.75, 3.05) is 13.2 Å². The third-order valence-electron chi connectivity index (χ3n) is 6.01. The van der Waals surface area contributed by atoms with E-state index in [9.17, 15) is 24.3 Å². The van der Waals surface area contributed by atoms with E-state index in [-0.39, 0.29) is 28.1 Å². The summed E-state index contributed by atoms with van der Waals surface area (Å²) in [5, 5.41) is 17.6. The summed E-state index contributed by atoms with van der Waals surface area (Å²) in [7, 11) is 0. The minimum absolute atomic E-state index is 0.102. The molecule has 3 N–H and O–H groups in total. The van der Waals surface area contributed by atoms with E-state index < -0.39 is 17.9 Å². The van der Waals surface area contributed by atoms with Crippen LogP contribution < -0.4 is 10.6 Å². The van der Waals surface area contributed by atoms with Gasteiger partial charge in [-0.25, -0.2) is 4.79 Å². The summed E-state index contributed by atoms with van der Waals surface area (Å²) < 4.78 is 7.06. The third-order valence-corrected chi connectivity index (χ3v) is 6.80. The Balaban J connectivity index is 1.52. The molecule has 1 saturated heterocycles. The number of rotatable bonds is 9. The second kappa shape index (κ2) is 10.7. The molecule has 9 nitrogen and oxygen atoms in total. The summed E-state index contributed by atoms with van der Waals surface area (Å²) >= 11 is 0.322. The van der Waals surface area contributed by atoms with Gasteiger partial charge in [0.15, 0.2) is 0 Å². The third kappa shape index (κ3) is 5.19. The molecular weight excluding hydrogens is 631 g/mol. The van der Waals surface area contributed by atoms with E-state index in [1.165, 1.54) is 0 Å². The van der Waals surface area contributed by atoms with Crippen LogP contribution in [0.1, 0.15) is 53.6 Å². The largest absolute Gasteiger partial charge is 0.459 e. The first-order valence-electron chi connectivity index (χ1n) is 11.3. The summed E-state index contributed by atoms with van der Waals surface area (Å²) in [6, 6.07) is 8.10. The summed E-state index contributed by atoms with van der Waals surface area (Å²) in [4.78, 5) is 48.1. The van der Waals surface area contributed by atoms with Crippen molar-refractivity contribution >= 4 is 63.6 Å². The second-order valence-electron chi connectivity index (χ2n) is 8.42. The number of unbranched alkanes of at least 4 members (excludes halogenated alkanes) is 2. The van der Waals surface area contributed by atoms with Gasteiger partial charge in [-0.15, -0.1) is 4.58 Å². The molecule has 2 aromatic rings. The van der Waals surface area contributed by atoms with Gasteiger partial charge in [0.25, 0.3) is 5.91 Å². The molecule has 0 aliphatic carbocycles. The molecule has 2 aliphatic heterocycles. The predicted octanol–water partition coefficient (Wildman–Crippen LogP) is 1.68. The van der Waals surface area contributed by atoms with Gasteiger partial charge in [0.05, 0.1) is 5.56 Å². The molecule has 0 aromatic heterocycles. The molecule has 0 spiro atoms. The van der Waals surface area contributed by atoms with Gasteiger partial charge in [0.2, 0.25) is 11.9 Å². The zero-order valence-corrected chi connectivity index (χ0v) is 23.1. The average molecular weight is 656 g/mol. The fourth-order valence-corrected chi connectivity index (χ4v) is 4.97. The number of ether oxygens (including phenoxy) is 1. The molecule has 0 radical (unpaired) electrons.